The van der Waals surface area contributed by atoms with Crippen LogP contribution in [-0.4, -0.2) is 108 Å². The third-order valence-corrected chi connectivity index (χ3v) is 10.1. The number of thiophene rings is 1. The minimum absolute atomic E-state index is 0.00424. The van der Waals surface area contributed by atoms with Crippen LogP contribution in [0.4, 0.5) is 0 Å². The van der Waals surface area contributed by atoms with E-state index < -0.39 is 64.6 Å². The van der Waals surface area contributed by atoms with Crippen molar-refractivity contribution in [1.29, 1.82) is 0 Å². The van der Waals surface area contributed by atoms with E-state index in [0.29, 0.717) is 0 Å². The predicted octanol–water partition coefficient (Wildman–Crippen LogP) is 1.96. The number of hydrogen-bond acceptors (Lipinski definition) is 9. The van der Waals surface area contributed by atoms with Crippen molar-refractivity contribution in [2.45, 2.75) is 97.8 Å². The molecule has 5 N–H and O–H groups in total. The van der Waals surface area contributed by atoms with Crippen LogP contribution in [0.25, 0.3) is 0 Å². The Morgan fingerprint density at radius 2 is 1.61 bits per heavy atom. The third kappa shape index (κ3) is 11.6. The fourth-order valence-corrected chi connectivity index (χ4v) is 6.65. The van der Waals surface area contributed by atoms with Gasteiger partial charge in [-0.05, 0) is 43.2 Å². The number of aliphatic carboxylic acids is 1. The molecule has 2 heterocycles. The highest BCUT2D eigenvalue weighted by Gasteiger charge is 2.42. The Morgan fingerprint density at radius 3 is 2.10 bits per heavy atom. The molecule has 4 atom stereocenters. The molecule has 15 heteroatoms. The fraction of sp³-hybridized carbons (Fsp3) is 0.583. The summed E-state index contributed by atoms with van der Waals surface area (Å²) in [6, 6.07) is 0.381. The van der Waals surface area contributed by atoms with E-state index in [1.807, 2.05) is 66.0 Å². The molecular weight excluding hydrogens is 676 g/mol. The Kier molecular flexibility index (Phi) is 15.3. The highest BCUT2D eigenvalue weighted by Crippen LogP contribution is 2.32. The summed E-state index contributed by atoms with van der Waals surface area (Å²) >= 11 is 1.55. The van der Waals surface area contributed by atoms with Crippen LogP contribution >= 0.6 is 11.3 Å². The molecule has 0 bridgehead atoms. The van der Waals surface area contributed by atoms with Crippen molar-refractivity contribution in [3.8, 4) is 0 Å². The number of rotatable bonds is 18. The van der Waals surface area contributed by atoms with Gasteiger partial charge in [-0.25, -0.2) is 4.79 Å². The molecule has 1 aliphatic heterocycles. The fourth-order valence-electron chi connectivity index (χ4n) is 5.77. The van der Waals surface area contributed by atoms with Gasteiger partial charge in [0.25, 0.3) is 11.8 Å². The Balaban J connectivity index is 2.12. The lowest BCUT2D eigenvalue weighted by molar-refractivity contribution is -0.142. The van der Waals surface area contributed by atoms with E-state index in [4.69, 9.17) is 0 Å². The van der Waals surface area contributed by atoms with E-state index in [0.717, 1.165) is 21.9 Å². The monoisotopic (exact) mass is 730 g/mol. The van der Waals surface area contributed by atoms with E-state index in [1.165, 1.54) is 11.8 Å². The Bertz CT molecular complexity index is 1490. The number of carboxylic acids is 1. The third-order valence-electron chi connectivity index (χ3n) is 8.91. The second kappa shape index (κ2) is 18.2. The number of nitrogens with zero attached hydrogens (tertiary/aromatic N) is 2. The molecule has 0 aliphatic carbocycles. The van der Waals surface area contributed by atoms with Crippen LogP contribution in [0.15, 0.2) is 41.3 Å². The molecule has 1 aliphatic rings. The second-order valence-electron chi connectivity index (χ2n) is 14.7. The van der Waals surface area contributed by atoms with Gasteiger partial charge in [0.05, 0.1) is 12.1 Å². The average Bonchev–Trinajstić information content (AvgIpc) is 3.70. The molecule has 0 radical (unpaired) electrons. The van der Waals surface area contributed by atoms with Crippen LogP contribution in [0.1, 0.15) is 73.1 Å². The molecule has 0 saturated heterocycles. The Morgan fingerprint density at radius 1 is 1.00 bits per heavy atom. The summed E-state index contributed by atoms with van der Waals surface area (Å²) < 4.78 is 0. The van der Waals surface area contributed by atoms with Crippen molar-refractivity contribution in [1.82, 2.24) is 31.1 Å². The largest absolute Gasteiger partial charge is 0.480 e. The van der Waals surface area contributed by atoms with Crippen molar-refractivity contribution in [3.05, 3.63) is 46.2 Å². The van der Waals surface area contributed by atoms with E-state index in [2.05, 4.69) is 21.3 Å². The molecule has 6 amide bonds. The van der Waals surface area contributed by atoms with Gasteiger partial charge in [-0.1, -0.05) is 60.6 Å². The maximum atomic E-state index is 14.1. The van der Waals surface area contributed by atoms with E-state index >= 15 is 0 Å². The zero-order chi connectivity index (χ0) is 38.8. The first-order chi connectivity index (χ1) is 23.6. The summed E-state index contributed by atoms with van der Waals surface area (Å²) in [5.41, 5.74) is -1.07. The molecule has 0 unspecified atom stereocenters. The summed E-state index contributed by atoms with van der Waals surface area (Å²) in [6.07, 6.45) is 3.43. The molecule has 0 fully saturated rings. The summed E-state index contributed by atoms with van der Waals surface area (Å²) in [5.74, 6) is -4.32. The van der Waals surface area contributed by atoms with Gasteiger partial charge in [0.2, 0.25) is 23.6 Å². The maximum absolute atomic E-state index is 14.1. The quantitative estimate of drug-likeness (QED) is 0.111. The van der Waals surface area contributed by atoms with Gasteiger partial charge in [-0.15, -0.1) is 11.3 Å². The molecule has 0 saturated carbocycles. The molecular formula is C36H54N6O8S. The molecule has 1 aromatic heterocycles. The average molecular weight is 731 g/mol. The van der Waals surface area contributed by atoms with Gasteiger partial charge in [0.1, 0.15) is 12.1 Å². The first kappa shape index (κ1) is 42.8. The summed E-state index contributed by atoms with van der Waals surface area (Å²) in [7, 11) is 3.31. The first-order valence-electron chi connectivity index (χ1n) is 16.9. The van der Waals surface area contributed by atoms with E-state index in [1.54, 1.807) is 31.5 Å². The van der Waals surface area contributed by atoms with Gasteiger partial charge in [-0.3, -0.25) is 33.7 Å². The zero-order valence-corrected chi connectivity index (χ0v) is 32.1. The van der Waals surface area contributed by atoms with Crippen LogP contribution in [0.5, 0.6) is 0 Å². The molecule has 2 rings (SSSR count). The normalized spacial score (nSPS) is 16.1. The number of likely N-dealkylation sites (N-methyl/N-ethyl adjacent to an activating group) is 2. The lowest BCUT2D eigenvalue weighted by atomic mass is 9.80. The summed E-state index contributed by atoms with van der Waals surface area (Å²) in [6.45, 7) is 14.8. The maximum Gasteiger partial charge on any atom is 0.326 e. The highest BCUT2D eigenvalue weighted by molar-refractivity contribution is 7.10. The van der Waals surface area contributed by atoms with Crippen molar-refractivity contribution >= 4 is 52.7 Å². The van der Waals surface area contributed by atoms with Gasteiger partial charge in [0.15, 0.2) is 0 Å². The minimum atomic E-state index is -1.38. The molecule has 0 aromatic carbocycles. The standard InChI is InChI=1S/C36H54N6O8S/c1-21(2)24(41(10)33(48)30(35(4,5)6)40-32(47)29(37-9)36(7,8)25-12-11-19-51-25)20-22(3)31(46)39-23(34(49)50)13-14-26(43)38-17-18-42-27(44)15-16-28(42)45/h11-12,15-16,19-21,23-24,29-30,37H,13-14,17-18H2,1-10H3,(H,38,43)(H,39,46)(H,40,47)(H,49,50)/b22-20+/t23-,24-,29-,30-/m1/s1. The molecule has 0 spiro atoms. The number of nitrogens with one attached hydrogen (secondary N) is 4. The van der Waals surface area contributed by atoms with Crippen LogP contribution in [0.2, 0.25) is 0 Å². The second-order valence-corrected chi connectivity index (χ2v) is 15.6. The smallest absolute Gasteiger partial charge is 0.326 e. The van der Waals surface area contributed by atoms with Crippen molar-refractivity contribution < 1.29 is 38.7 Å². The number of carboxylic acid groups (broad SMARTS) is 1. The van der Waals surface area contributed by atoms with Crippen LogP contribution < -0.4 is 21.3 Å². The number of carbonyl (C=O) groups is 7. The summed E-state index contributed by atoms with van der Waals surface area (Å²) in [4.78, 5) is 92.1. The number of hydrogen-bond donors (Lipinski definition) is 5. The van der Waals surface area contributed by atoms with Gasteiger partial charge in [0, 0.05) is 54.6 Å². The minimum Gasteiger partial charge on any atom is -0.480 e. The van der Waals surface area contributed by atoms with E-state index in [-0.39, 0.29) is 49.2 Å². The number of amides is 6. The van der Waals surface area contributed by atoms with Gasteiger partial charge < -0.3 is 31.3 Å². The predicted molar refractivity (Wildman–Crippen MR) is 194 cm³/mol. The highest BCUT2D eigenvalue weighted by atomic mass is 32.1. The number of imide groups is 1. The Hall–Kier alpha value is -4.37. The van der Waals surface area contributed by atoms with Crippen LogP contribution in [0, 0.1) is 11.3 Å². The molecule has 51 heavy (non-hydrogen) atoms. The Labute approximate surface area is 304 Å². The molecule has 1 aromatic rings. The van der Waals surface area contributed by atoms with Crippen LogP contribution in [-0.2, 0) is 39.0 Å². The lowest BCUT2D eigenvalue weighted by Crippen LogP contribution is -2.61. The van der Waals surface area contributed by atoms with E-state index in [9.17, 15) is 38.7 Å². The first-order valence-corrected chi connectivity index (χ1v) is 17.8. The summed E-state index contributed by atoms with van der Waals surface area (Å²) in [5, 5.41) is 22.8. The molecule has 282 valence electrons. The SMILES string of the molecule is CN[C@H](C(=O)N[C@H](C(=O)N(C)[C@H](/C=C(\C)C(=O)N[C@H](CCC(=O)NCCN1C(=O)C=CC1=O)C(=O)O)C(C)C)C(C)(C)C)C(C)(C)c1cccs1. The number of carbonyl (C=O) groups excluding carboxylic acids is 6. The van der Waals surface area contributed by atoms with Crippen LogP contribution in [0.3, 0.4) is 0 Å². The molecule has 14 nitrogen and oxygen atoms in total. The van der Waals surface area contributed by atoms with Gasteiger partial charge in [-0.2, -0.15) is 0 Å². The lowest BCUT2D eigenvalue weighted by Gasteiger charge is -2.39. The topological polar surface area (TPSA) is 194 Å². The van der Waals surface area contributed by atoms with Crippen molar-refractivity contribution in [2.75, 3.05) is 27.2 Å². The van der Waals surface area contributed by atoms with Gasteiger partial charge >= 0.3 is 5.97 Å². The van der Waals surface area contributed by atoms with Crippen molar-refractivity contribution in [3.63, 3.8) is 0 Å². The van der Waals surface area contributed by atoms with Crippen molar-refractivity contribution in [2.24, 2.45) is 11.3 Å². The zero-order valence-electron chi connectivity index (χ0n) is 31.3.